The SMILES string of the molecule is ClCCC/C=C/B(C1CCCCC1)C1CCCCC1. The molecule has 2 rings (SSSR count). The van der Waals surface area contributed by atoms with E-state index in [1.54, 1.807) is 0 Å². The lowest BCUT2D eigenvalue weighted by Crippen LogP contribution is -2.28. The molecular weight excluding hydrogens is 250 g/mol. The van der Waals surface area contributed by atoms with Gasteiger partial charge in [0.15, 0.2) is 6.71 Å². The molecule has 0 amide bonds. The number of allylic oxidation sites excluding steroid dienone is 1. The molecule has 0 atom stereocenters. The second kappa shape index (κ2) is 9.11. The Morgan fingerprint density at radius 1 is 0.842 bits per heavy atom. The first kappa shape index (κ1) is 15.5. The van der Waals surface area contributed by atoms with Crippen molar-refractivity contribution in [3.63, 3.8) is 0 Å². The van der Waals surface area contributed by atoms with Crippen molar-refractivity contribution < 1.29 is 0 Å². The van der Waals surface area contributed by atoms with Crippen molar-refractivity contribution in [3.05, 3.63) is 12.1 Å². The summed E-state index contributed by atoms with van der Waals surface area (Å²) in [5.41, 5.74) is 0. The van der Waals surface area contributed by atoms with E-state index in [2.05, 4.69) is 12.1 Å². The van der Waals surface area contributed by atoms with E-state index in [-0.39, 0.29) is 0 Å². The van der Waals surface area contributed by atoms with E-state index in [9.17, 15) is 0 Å². The Balaban J connectivity index is 1.92. The summed E-state index contributed by atoms with van der Waals surface area (Å²) in [6.07, 6.45) is 19.6. The minimum absolute atomic E-state index is 0.807. The molecular formula is C17H30BCl. The number of rotatable bonds is 6. The summed E-state index contributed by atoms with van der Waals surface area (Å²) < 4.78 is 0. The van der Waals surface area contributed by atoms with Crippen molar-refractivity contribution in [2.45, 2.75) is 88.7 Å². The van der Waals surface area contributed by atoms with E-state index in [0.717, 1.165) is 30.6 Å². The van der Waals surface area contributed by atoms with Crippen LogP contribution >= 0.6 is 11.6 Å². The first-order valence-electron chi connectivity index (χ1n) is 8.64. The maximum Gasteiger partial charge on any atom is 0.172 e. The molecule has 0 saturated heterocycles. The van der Waals surface area contributed by atoms with Gasteiger partial charge in [0, 0.05) is 5.88 Å². The highest BCUT2D eigenvalue weighted by atomic mass is 35.5. The van der Waals surface area contributed by atoms with Gasteiger partial charge in [-0.25, -0.2) is 0 Å². The van der Waals surface area contributed by atoms with Crippen LogP contribution in [0, 0.1) is 0 Å². The monoisotopic (exact) mass is 280 g/mol. The highest BCUT2D eigenvalue weighted by Gasteiger charge is 2.32. The van der Waals surface area contributed by atoms with Gasteiger partial charge in [0.1, 0.15) is 0 Å². The Morgan fingerprint density at radius 2 is 1.37 bits per heavy atom. The van der Waals surface area contributed by atoms with Gasteiger partial charge in [-0.3, -0.25) is 0 Å². The molecule has 0 aliphatic heterocycles. The highest BCUT2D eigenvalue weighted by Crippen LogP contribution is 2.41. The zero-order chi connectivity index (χ0) is 13.3. The van der Waals surface area contributed by atoms with E-state index in [1.165, 1.54) is 70.6 Å². The van der Waals surface area contributed by atoms with E-state index < -0.39 is 0 Å². The van der Waals surface area contributed by atoms with E-state index in [4.69, 9.17) is 11.6 Å². The van der Waals surface area contributed by atoms with Crippen molar-refractivity contribution >= 4 is 18.3 Å². The Labute approximate surface area is 125 Å². The molecule has 0 aromatic carbocycles. The second-order valence-electron chi connectivity index (χ2n) is 6.63. The van der Waals surface area contributed by atoms with E-state index in [1.807, 2.05) is 0 Å². The highest BCUT2D eigenvalue weighted by molar-refractivity contribution is 6.67. The molecule has 0 spiro atoms. The lowest BCUT2D eigenvalue weighted by molar-refractivity contribution is 0.464. The Hall–Kier alpha value is 0.0949. The molecule has 0 N–H and O–H groups in total. The molecule has 0 radical (unpaired) electrons. The largest absolute Gasteiger partial charge is 0.172 e. The fourth-order valence-corrected chi connectivity index (χ4v) is 4.34. The normalized spacial score (nSPS) is 23.0. The van der Waals surface area contributed by atoms with Crippen molar-refractivity contribution in [1.82, 2.24) is 0 Å². The van der Waals surface area contributed by atoms with Gasteiger partial charge in [-0.05, 0) is 12.8 Å². The van der Waals surface area contributed by atoms with Gasteiger partial charge in [-0.2, -0.15) is 0 Å². The molecule has 0 bridgehead atoms. The smallest absolute Gasteiger partial charge is 0.127 e. The third-order valence-corrected chi connectivity index (χ3v) is 5.52. The van der Waals surface area contributed by atoms with Crippen LogP contribution in [0.1, 0.15) is 77.0 Å². The van der Waals surface area contributed by atoms with Crippen LogP contribution in [-0.2, 0) is 0 Å². The van der Waals surface area contributed by atoms with Crippen LogP contribution in [0.5, 0.6) is 0 Å². The standard InChI is InChI=1S/C17H30BCl/c19-15-9-3-8-14-18(16-10-4-1-5-11-16)17-12-6-2-7-13-17/h8,14,16-17H,1-7,9-13,15H2/b14-8+. The Kier molecular flexibility index (Phi) is 7.42. The number of halogens is 1. The van der Waals surface area contributed by atoms with Crippen LogP contribution in [0.2, 0.25) is 11.6 Å². The minimum Gasteiger partial charge on any atom is -0.127 e. The van der Waals surface area contributed by atoms with Gasteiger partial charge >= 0.3 is 0 Å². The van der Waals surface area contributed by atoms with Gasteiger partial charge in [0.25, 0.3) is 0 Å². The number of alkyl halides is 1. The Morgan fingerprint density at radius 3 is 1.84 bits per heavy atom. The molecule has 0 aromatic heterocycles. The molecule has 2 fully saturated rings. The fraction of sp³-hybridized carbons (Fsp3) is 0.882. The van der Waals surface area contributed by atoms with Crippen LogP contribution in [0.15, 0.2) is 12.1 Å². The molecule has 2 saturated carbocycles. The van der Waals surface area contributed by atoms with Gasteiger partial charge in [-0.15, -0.1) is 17.6 Å². The molecule has 2 aliphatic rings. The molecule has 0 aromatic rings. The minimum atomic E-state index is 0.807. The number of hydrogen-bond acceptors (Lipinski definition) is 0. The lowest BCUT2D eigenvalue weighted by atomic mass is 9.30. The molecule has 19 heavy (non-hydrogen) atoms. The van der Waals surface area contributed by atoms with Crippen molar-refractivity contribution in [2.24, 2.45) is 0 Å². The van der Waals surface area contributed by atoms with Gasteiger partial charge < -0.3 is 0 Å². The first-order valence-corrected chi connectivity index (χ1v) is 9.18. The van der Waals surface area contributed by atoms with Crippen LogP contribution in [-0.4, -0.2) is 12.6 Å². The molecule has 0 unspecified atom stereocenters. The quantitative estimate of drug-likeness (QED) is 0.306. The predicted octanol–water partition coefficient (Wildman–Crippen LogP) is 6.26. The second-order valence-corrected chi connectivity index (χ2v) is 7.01. The zero-order valence-electron chi connectivity index (χ0n) is 12.5. The van der Waals surface area contributed by atoms with E-state index >= 15 is 0 Å². The molecule has 2 heteroatoms. The third-order valence-electron chi connectivity index (χ3n) is 5.25. The molecule has 0 nitrogen and oxygen atoms in total. The maximum absolute atomic E-state index is 5.78. The predicted molar refractivity (Wildman–Crippen MR) is 88.5 cm³/mol. The van der Waals surface area contributed by atoms with E-state index in [0.29, 0.717) is 0 Å². The van der Waals surface area contributed by atoms with Crippen molar-refractivity contribution in [1.29, 1.82) is 0 Å². The third kappa shape index (κ3) is 5.18. The van der Waals surface area contributed by atoms with Crippen LogP contribution in [0.25, 0.3) is 0 Å². The van der Waals surface area contributed by atoms with Gasteiger partial charge in [0.2, 0.25) is 0 Å². The summed E-state index contributed by atoms with van der Waals surface area (Å²) in [5.74, 6) is 5.38. The number of unbranched alkanes of at least 4 members (excludes halogenated alkanes) is 1. The molecule has 0 heterocycles. The maximum atomic E-state index is 5.78. The van der Waals surface area contributed by atoms with Crippen LogP contribution in [0.3, 0.4) is 0 Å². The van der Waals surface area contributed by atoms with Gasteiger partial charge in [-0.1, -0.05) is 81.9 Å². The summed E-state index contributed by atoms with van der Waals surface area (Å²) in [7, 11) is 0. The van der Waals surface area contributed by atoms with Crippen LogP contribution < -0.4 is 0 Å². The van der Waals surface area contributed by atoms with Crippen LogP contribution in [0.4, 0.5) is 0 Å². The van der Waals surface area contributed by atoms with Gasteiger partial charge in [0.05, 0.1) is 0 Å². The first-order chi connectivity index (χ1) is 9.42. The Bertz CT molecular complexity index is 234. The lowest BCUT2D eigenvalue weighted by Gasteiger charge is -2.34. The topological polar surface area (TPSA) is 0 Å². The molecule has 108 valence electrons. The summed E-state index contributed by atoms with van der Waals surface area (Å²) in [4.78, 5) is 0. The summed E-state index contributed by atoms with van der Waals surface area (Å²) in [5, 5.41) is 0. The summed E-state index contributed by atoms with van der Waals surface area (Å²) in [6.45, 7) is 0.885. The fourth-order valence-electron chi connectivity index (χ4n) is 4.19. The average molecular weight is 281 g/mol. The van der Waals surface area contributed by atoms with Crippen molar-refractivity contribution in [3.8, 4) is 0 Å². The summed E-state index contributed by atoms with van der Waals surface area (Å²) in [6, 6.07) is 0. The average Bonchev–Trinajstić information content (AvgIpc) is 2.49. The molecule has 2 aliphatic carbocycles. The van der Waals surface area contributed by atoms with Crippen molar-refractivity contribution in [2.75, 3.05) is 5.88 Å². The zero-order valence-corrected chi connectivity index (χ0v) is 13.2. The number of hydrogen-bond donors (Lipinski definition) is 0. The summed E-state index contributed by atoms with van der Waals surface area (Å²) >= 11 is 5.78.